The molecule has 30 heavy (non-hydrogen) atoms. The number of anilines is 1. The minimum absolute atomic E-state index is 0.0748. The number of hydrogen-bond acceptors (Lipinski definition) is 7. The van der Waals surface area contributed by atoms with Crippen LogP contribution in [0.4, 0.5) is 15.8 Å². The lowest BCUT2D eigenvalue weighted by atomic mass is 10.0. The molecule has 2 aromatic carbocycles. The maximum Gasteiger partial charge on any atom is 0.296 e. The first-order valence-corrected chi connectivity index (χ1v) is 10.7. The summed E-state index contributed by atoms with van der Waals surface area (Å²) in [7, 11) is -4.53. The fraction of sp³-hybridized carbons (Fsp3) is 0.316. The molecule has 0 spiro atoms. The number of amides is 1. The number of nitrogens with zero attached hydrogens (tertiary/aromatic N) is 1. The van der Waals surface area contributed by atoms with E-state index in [2.05, 4.69) is 5.32 Å². The van der Waals surface area contributed by atoms with Gasteiger partial charge >= 0.3 is 0 Å². The van der Waals surface area contributed by atoms with Gasteiger partial charge in [0, 0.05) is 31.4 Å². The van der Waals surface area contributed by atoms with Crippen molar-refractivity contribution in [1.29, 1.82) is 0 Å². The van der Waals surface area contributed by atoms with Gasteiger partial charge < -0.3 is 10.1 Å². The highest BCUT2D eigenvalue weighted by molar-refractivity contribution is 7.90. The van der Waals surface area contributed by atoms with E-state index in [-0.39, 0.29) is 23.7 Å². The first kappa shape index (κ1) is 21.7. The van der Waals surface area contributed by atoms with Crippen LogP contribution >= 0.6 is 0 Å². The lowest BCUT2D eigenvalue weighted by Crippen LogP contribution is -2.30. The molecule has 0 aromatic heterocycles. The molecule has 2 aromatic rings. The largest absolute Gasteiger partial charge is 0.381 e. The summed E-state index contributed by atoms with van der Waals surface area (Å²) >= 11 is 0. The van der Waals surface area contributed by atoms with Gasteiger partial charge in [0.2, 0.25) is 0 Å². The molecule has 3 rings (SSSR count). The van der Waals surface area contributed by atoms with Gasteiger partial charge in [-0.1, -0.05) is 18.2 Å². The van der Waals surface area contributed by atoms with Crippen molar-refractivity contribution in [1.82, 2.24) is 4.72 Å². The number of nitro benzene ring substituents is 1. The summed E-state index contributed by atoms with van der Waals surface area (Å²) < 4.78 is 46.7. The smallest absolute Gasteiger partial charge is 0.296 e. The van der Waals surface area contributed by atoms with Gasteiger partial charge in [0.15, 0.2) is 5.82 Å². The Kier molecular flexibility index (Phi) is 6.63. The summed E-state index contributed by atoms with van der Waals surface area (Å²) in [4.78, 5) is 22.0. The predicted octanol–water partition coefficient (Wildman–Crippen LogP) is 2.69. The summed E-state index contributed by atoms with van der Waals surface area (Å²) in [6.45, 7) is 1.42. The monoisotopic (exact) mass is 437 g/mol. The second-order valence-corrected chi connectivity index (χ2v) is 8.48. The topological polar surface area (TPSA) is 128 Å². The first-order valence-electron chi connectivity index (χ1n) is 9.19. The number of nitro groups is 1. The third kappa shape index (κ3) is 5.10. The van der Waals surface area contributed by atoms with Crippen LogP contribution in [-0.4, -0.2) is 39.0 Å². The zero-order valence-electron chi connectivity index (χ0n) is 15.8. The van der Waals surface area contributed by atoms with Crippen molar-refractivity contribution in [2.24, 2.45) is 5.92 Å². The number of rotatable bonds is 7. The molecule has 0 atom stereocenters. The average molecular weight is 437 g/mol. The van der Waals surface area contributed by atoms with Crippen LogP contribution in [0.1, 0.15) is 23.2 Å². The minimum Gasteiger partial charge on any atom is -0.381 e. The Hall–Kier alpha value is -3.05. The zero-order valence-corrected chi connectivity index (χ0v) is 16.7. The molecule has 1 fully saturated rings. The third-order valence-corrected chi connectivity index (χ3v) is 6.03. The van der Waals surface area contributed by atoms with E-state index in [9.17, 15) is 27.7 Å². The van der Waals surface area contributed by atoms with Crippen molar-refractivity contribution in [2.75, 3.05) is 25.1 Å². The lowest BCUT2D eigenvalue weighted by molar-refractivity contribution is -0.384. The van der Waals surface area contributed by atoms with Crippen LogP contribution in [0, 0.1) is 21.8 Å². The maximum atomic E-state index is 14.6. The van der Waals surface area contributed by atoms with E-state index in [0.717, 1.165) is 18.9 Å². The Balaban J connectivity index is 1.84. The van der Waals surface area contributed by atoms with Gasteiger partial charge in [0.25, 0.3) is 21.6 Å². The average Bonchev–Trinajstić information content (AvgIpc) is 2.73. The van der Waals surface area contributed by atoms with E-state index in [0.29, 0.717) is 19.3 Å². The number of carbonyl (C=O) groups excluding carboxylic acids is 1. The van der Waals surface area contributed by atoms with Crippen LogP contribution < -0.4 is 10.0 Å². The SMILES string of the molecule is O=C(NS(=O)(=O)c1cc(F)c(NCC2CCOCC2)c([N+](=O)[O-])c1)c1ccccc1. The Bertz CT molecular complexity index is 1040. The summed E-state index contributed by atoms with van der Waals surface area (Å²) in [6.07, 6.45) is 1.47. The third-order valence-electron chi connectivity index (χ3n) is 4.72. The minimum atomic E-state index is -4.53. The Morgan fingerprint density at radius 2 is 1.87 bits per heavy atom. The number of halogens is 1. The highest BCUT2D eigenvalue weighted by atomic mass is 32.2. The predicted molar refractivity (Wildman–Crippen MR) is 106 cm³/mol. The number of benzene rings is 2. The number of nitrogens with one attached hydrogen (secondary N) is 2. The standard InChI is InChI=1S/C19H20FN3O6S/c20-16-10-15(30(27,28)22-19(24)14-4-2-1-3-5-14)11-17(23(25)26)18(16)21-12-13-6-8-29-9-7-13/h1-5,10-11,13,21H,6-9,12H2,(H,22,24). The Morgan fingerprint density at radius 3 is 2.50 bits per heavy atom. The summed E-state index contributed by atoms with van der Waals surface area (Å²) in [5.74, 6) is -1.87. The second-order valence-electron chi connectivity index (χ2n) is 6.79. The summed E-state index contributed by atoms with van der Waals surface area (Å²) in [5.41, 5.74) is -1.04. The molecule has 0 radical (unpaired) electrons. The molecule has 1 heterocycles. The molecule has 0 bridgehead atoms. The summed E-state index contributed by atoms with van der Waals surface area (Å²) in [5, 5.41) is 14.2. The molecule has 0 unspecified atom stereocenters. The first-order chi connectivity index (χ1) is 14.3. The van der Waals surface area contributed by atoms with Gasteiger partial charge in [0.05, 0.1) is 9.82 Å². The fourth-order valence-corrected chi connectivity index (χ4v) is 4.07. The fourth-order valence-electron chi connectivity index (χ4n) is 3.07. The van der Waals surface area contributed by atoms with E-state index < -0.39 is 37.3 Å². The molecule has 9 nitrogen and oxygen atoms in total. The number of sulfonamides is 1. The van der Waals surface area contributed by atoms with Crippen molar-refractivity contribution < 1.29 is 27.3 Å². The van der Waals surface area contributed by atoms with Gasteiger partial charge in [-0.2, -0.15) is 0 Å². The molecule has 0 aliphatic carbocycles. The highest BCUT2D eigenvalue weighted by Crippen LogP contribution is 2.31. The molecule has 0 saturated carbocycles. The van der Waals surface area contributed by atoms with Crippen LogP contribution in [-0.2, 0) is 14.8 Å². The van der Waals surface area contributed by atoms with E-state index in [1.165, 1.54) is 12.1 Å². The van der Waals surface area contributed by atoms with E-state index in [1.807, 2.05) is 0 Å². The molecule has 11 heteroatoms. The second kappa shape index (κ2) is 9.18. The van der Waals surface area contributed by atoms with Gasteiger partial charge in [0.1, 0.15) is 5.69 Å². The van der Waals surface area contributed by atoms with Crippen LogP contribution in [0.5, 0.6) is 0 Å². The van der Waals surface area contributed by atoms with Gasteiger partial charge in [-0.05, 0) is 37.0 Å². The normalized spacial score (nSPS) is 14.8. The number of ether oxygens (including phenoxy) is 1. The lowest BCUT2D eigenvalue weighted by Gasteiger charge is -2.22. The van der Waals surface area contributed by atoms with Crippen LogP contribution in [0.2, 0.25) is 0 Å². The zero-order chi connectivity index (χ0) is 21.7. The van der Waals surface area contributed by atoms with Crippen LogP contribution in [0.15, 0.2) is 47.4 Å². The van der Waals surface area contributed by atoms with E-state index in [1.54, 1.807) is 22.9 Å². The van der Waals surface area contributed by atoms with Gasteiger partial charge in [-0.25, -0.2) is 17.5 Å². The van der Waals surface area contributed by atoms with E-state index in [4.69, 9.17) is 4.74 Å². The number of hydrogen-bond donors (Lipinski definition) is 2. The van der Waals surface area contributed by atoms with Crippen molar-refractivity contribution in [2.45, 2.75) is 17.7 Å². The van der Waals surface area contributed by atoms with Crippen molar-refractivity contribution in [3.8, 4) is 0 Å². The highest BCUT2D eigenvalue weighted by Gasteiger charge is 2.27. The number of carbonyl (C=O) groups is 1. The van der Waals surface area contributed by atoms with Crippen LogP contribution in [0.3, 0.4) is 0 Å². The molecule has 1 saturated heterocycles. The van der Waals surface area contributed by atoms with Crippen molar-refractivity contribution in [3.05, 3.63) is 64.0 Å². The molecular formula is C19H20FN3O6S. The summed E-state index contributed by atoms with van der Waals surface area (Å²) in [6, 6.07) is 8.93. The molecular weight excluding hydrogens is 417 g/mol. The quantitative estimate of drug-likeness (QED) is 0.503. The maximum absolute atomic E-state index is 14.6. The molecule has 1 amide bonds. The van der Waals surface area contributed by atoms with Crippen molar-refractivity contribution in [3.63, 3.8) is 0 Å². The Morgan fingerprint density at radius 1 is 1.20 bits per heavy atom. The molecule has 2 N–H and O–H groups in total. The molecule has 160 valence electrons. The van der Waals surface area contributed by atoms with Gasteiger partial charge in [-0.15, -0.1) is 0 Å². The van der Waals surface area contributed by atoms with Crippen molar-refractivity contribution >= 4 is 27.3 Å². The van der Waals surface area contributed by atoms with Gasteiger partial charge in [-0.3, -0.25) is 14.9 Å². The molecule has 1 aliphatic rings. The van der Waals surface area contributed by atoms with E-state index >= 15 is 0 Å². The molecule has 1 aliphatic heterocycles. The van der Waals surface area contributed by atoms with Crippen LogP contribution in [0.25, 0.3) is 0 Å². The Labute approximate surface area is 172 Å².